The van der Waals surface area contributed by atoms with Crippen LogP contribution in [0.3, 0.4) is 0 Å². The third kappa shape index (κ3) is 3.01. The number of hydrogen-bond acceptors (Lipinski definition) is 4. The van der Waals surface area contributed by atoms with Crippen molar-refractivity contribution in [2.45, 2.75) is 6.92 Å². The molecule has 0 bridgehead atoms. The molecule has 1 aliphatic heterocycles. The van der Waals surface area contributed by atoms with E-state index in [2.05, 4.69) is 5.10 Å². The number of anilines is 1. The number of ether oxygens (including phenoxy) is 2. The predicted octanol–water partition coefficient (Wildman–Crippen LogP) is 3.51. The average Bonchev–Trinajstić information content (AvgIpc) is 2.90. The monoisotopic (exact) mass is 322 g/mol. The van der Waals surface area contributed by atoms with E-state index in [0.29, 0.717) is 22.8 Å². The van der Waals surface area contributed by atoms with E-state index >= 15 is 0 Å². The molecule has 1 aliphatic rings. The Morgan fingerprint density at radius 1 is 1.00 bits per heavy atom. The van der Waals surface area contributed by atoms with Crippen LogP contribution in [0.25, 0.3) is 6.08 Å². The summed E-state index contributed by atoms with van der Waals surface area (Å²) in [4.78, 5) is 12.7. The second-order valence-electron chi connectivity index (χ2n) is 5.34. The summed E-state index contributed by atoms with van der Waals surface area (Å²) in [5.74, 6) is 1.18. The van der Waals surface area contributed by atoms with Gasteiger partial charge in [-0.05, 0) is 42.8 Å². The lowest BCUT2D eigenvalue weighted by molar-refractivity contribution is -0.114. The number of hydrogen-bond donors (Lipinski definition) is 0. The molecule has 0 fully saturated rings. The summed E-state index contributed by atoms with van der Waals surface area (Å²) >= 11 is 0. The Morgan fingerprint density at radius 2 is 1.62 bits per heavy atom. The molecule has 122 valence electrons. The Balaban J connectivity index is 1.97. The summed E-state index contributed by atoms with van der Waals surface area (Å²) in [6.07, 6.45) is 1.80. The van der Waals surface area contributed by atoms with Crippen LogP contribution in [0, 0.1) is 0 Å². The number of rotatable bonds is 4. The molecule has 0 N–H and O–H groups in total. The lowest BCUT2D eigenvalue weighted by atomic mass is 10.1. The molecule has 3 rings (SSSR count). The molecule has 0 unspecified atom stereocenters. The molecule has 2 aromatic carbocycles. The summed E-state index contributed by atoms with van der Waals surface area (Å²) in [6, 6.07) is 14.8. The number of hydrazone groups is 1. The lowest BCUT2D eigenvalue weighted by Crippen LogP contribution is -2.21. The molecule has 0 aromatic heterocycles. The van der Waals surface area contributed by atoms with Gasteiger partial charge >= 0.3 is 0 Å². The molecular weight excluding hydrogens is 304 g/mol. The molecule has 0 radical (unpaired) electrons. The number of amides is 1. The second kappa shape index (κ2) is 6.58. The summed E-state index contributed by atoms with van der Waals surface area (Å²) < 4.78 is 10.5. The van der Waals surface area contributed by atoms with E-state index in [1.165, 1.54) is 5.01 Å². The van der Waals surface area contributed by atoms with Crippen molar-refractivity contribution in [3.8, 4) is 11.5 Å². The molecule has 1 amide bonds. The van der Waals surface area contributed by atoms with Gasteiger partial charge in [0.25, 0.3) is 5.91 Å². The summed E-state index contributed by atoms with van der Waals surface area (Å²) in [6.45, 7) is 1.82. The van der Waals surface area contributed by atoms with E-state index in [0.717, 1.165) is 11.3 Å². The van der Waals surface area contributed by atoms with Gasteiger partial charge in [0.15, 0.2) is 0 Å². The van der Waals surface area contributed by atoms with Crippen molar-refractivity contribution in [2.75, 3.05) is 19.2 Å². The zero-order chi connectivity index (χ0) is 17.1. The fraction of sp³-hybridized carbons (Fsp3) is 0.158. The van der Waals surface area contributed by atoms with Gasteiger partial charge in [-0.15, -0.1) is 0 Å². The predicted molar refractivity (Wildman–Crippen MR) is 94.6 cm³/mol. The van der Waals surface area contributed by atoms with Crippen LogP contribution < -0.4 is 14.5 Å². The van der Waals surface area contributed by atoms with Crippen LogP contribution >= 0.6 is 0 Å². The molecule has 1 heterocycles. The fourth-order valence-electron chi connectivity index (χ4n) is 2.51. The van der Waals surface area contributed by atoms with Crippen LogP contribution in [-0.2, 0) is 4.79 Å². The molecular formula is C19H18N2O3. The van der Waals surface area contributed by atoms with Crippen LogP contribution in [0.2, 0.25) is 0 Å². The van der Waals surface area contributed by atoms with E-state index in [1.807, 2.05) is 49.4 Å². The van der Waals surface area contributed by atoms with E-state index < -0.39 is 0 Å². The van der Waals surface area contributed by atoms with Crippen molar-refractivity contribution < 1.29 is 14.3 Å². The molecule has 5 heteroatoms. The summed E-state index contributed by atoms with van der Waals surface area (Å²) in [5.41, 5.74) is 2.78. The van der Waals surface area contributed by atoms with Crippen LogP contribution in [0.15, 0.2) is 59.2 Å². The van der Waals surface area contributed by atoms with Gasteiger partial charge in [0.05, 0.1) is 31.2 Å². The number of para-hydroxylation sites is 1. The molecule has 0 spiro atoms. The van der Waals surface area contributed by atoms with Gasteiger partial charge < -0.3 is 9.47 Å². The standard InChI is InChI=1S/C19H18N2O3/c1-13-18(11-14-9-16(23-2)12-17(10-14)24-3)19(22)21(20-13)15-7-5-4-6-8-15/h4-12H,1-3H3/b18-11+. The lowest BCUT2D eigenvalue weighted by Gasteiger charge is -2.11. The Labute approximate surface area is 140 Å². The Bertz CT molecular complexity index is 804. The van der Waals surface area contributed by atoms with Gasteiger partial charge in [-0.2, -0.15) is 10.1 Å². The number of carbonyl (C=O) groups is 1. The number of carbonyl (C=O) groups excluding carboxylic acids is 1. The topological polar surface area (TPSA) is 51.1 Å². The maximum atomic E-state index is 12.7. The molecule has 2 aromatic rings. The van der Waals surface area contributed by atoms with Crippen molar-refractivity contribution in [3.05, 3.63) is 59.7 Å². The molecule has 24 heavy (non-hydrogen) atoms. The Hall–Kier alpha value is -3.08. The minimum absolute atomic E-state index is 0.152. The van der Waals surface area contributed by atoms with Crippen molar-refractivity contribution in [1.29, 1.82) is 0 Å². The highest BCUT2D eigenvalue weighted by Crippen LogP contribution is 2.27. The first-order chi connectivity index (χ1) is 11.6. The molecule has 0 atom stereocenters. The van der Waals surface area contributed by atoms with Crippen molar-refractivity contribution in [3.63, 3.8) is 0 Å². The van der Waals surface area contributed by atoms with Crippen molar-refractivity contribution in [2.24, 2.45) is 5.10 Å². The minimum Gasteiger partial charge on any atom is -0.497 e. The Morgan fingerprint density at radius 3 is 2.21 bits per heavy atom. The van der Waals surface area contributed by atoms with Gasteiger partial charge in [0.1, 0.15) is 11.5 Å². The quantitative estimate of drug-likeness (QED) is 0.809. The molecule has 0 saturated carbocycles. The smallest absolute Gasteiger partial charge is 0.280 e. The number of methoxy groups -OCH3 is 2. The van der Waals surface area contributed by atoms with Gasteiger partial charge in [0, 0.05) is 6.07 Å². The highest BCUT2D eigenvalue weighted by Gasteiger charge is 2.28. The SMILES string of the molecule is COc1cc(/C=C2/C(=O)N(c3ccccc3)N=C2C)cc(OC)c1. The van der Waals surface area contributed by atoms with Crippen molar-refractivity contribution >= 4 is 23.4 Å². The van der Waals surface area contributed by atoms with E-state index in [4.69, 9.17) is 9.47 Å². The summed E-state index contributed by atoms with van der Waals surface area (Å²) in [7, 11) is 3.19. The molecule has 0 saturated heterocycles. The van der Waals surface area contributed by atoms with Crippen LogP contribution in [0.5, 0.6) is 11.5 Å². The first-order valence-corrected chi connectivity index (χ1v) is 7.52. The maximum absolute atomic E-state index is 12.7. The zero-order valence-corrected chi connectivity index (χ0v) is 13.8. The molecule has 0 aliphatic carbocycles. The van der Waals surface area contributed by atoms with E-state index in [9.17, 15) is 4.79 Å². The van der Waals surface area contributed by atoms with Crippen LogP contribution in [-0.4, -0.2) is 25.8 Å². The number of nitrogens with zero attached hydrogens (tertiary/aromatic N) is 2. The van der Waals surface area contributed by atoms with Gasteiger partial charge in [-0.3, -0.25) is 4.79 Å². The molecule has 5 nitrogen and oxygen atoms in total. The fourth-order valence-corrected chi connectivity index (χ4v) is 2.51. The highest BCUT2D eigenvalue weighted by molar-refractivity contribution is 6.32. The average molecular weight is 322 g/mol. The normalized spacial score (nSPS) is 15.6. The summed E-state index contributed by atoms with van der Waals surface area (Å²) in [5, 5.41) is 5.79. The van der Waals surface area contributed by atoms with Gasteiger partial charge in [-0.25, -0.2) is 0 Å². The van der Waals surface area contributed by atoms with Crippen LogP contribution in [0.1, 0.15) is 12.5 Å². The largest absolute Gasteiger partial charge is 0.497 e. The van der Waals surface area contributed by atoms with Gasteiger partial charge in [-0.1, -0.05) is 18.2 Å². The van der Waals surface area contributed by atoms with Crippen LogP contribution in [0.4, 0.5) is 5.69 Å². The third-order valence-electron chi connectivity index (χ3n) is 3.75. The van der Waals surface area contributed by atoms with Gasteiger partial charge in [0.2, 0.25) is 0 Å². The highest BCUT2D eigenvalue weighted by atomic mass is 16.5. The maximum Gasteiger partial charge on any atom is 0.280 e. The van der Waals surface area contributed by atoms with Crippen molar-refractivity contribution in [1.82, 2.24) is 0 Å². The first kappa shape index (κ1) is 15.8. The van der Waals surface area contributed by atoms with E-state index in [-0.39, 0.29) is 5.91 Å². The van der Waals surface area contributed by atoms with E-state index in [1.54, 1.807) is 26.4 Å². The first-order valence-electron chi connectivity index (χ1n) is 7.52. The number of benzene rings is 2. The Kier molecular flexibility index (Phi) is 4.33. The zero-order valence-electron chi connectivity index (χ0n) is 13.8. The second-order valence-corrected chi connectivity index (χ2v) is 5.34. The minimum atomic E-state index is -0.152. The third-order valence-corrected chi connectivity index (χ3v) is 3.75.